The molecular weight excluding hydrogens is 254 g/mol. The number of methoxy groups -OCH3 is 1. The second-order valence-corrected chi connectivity index (χ2v) is 4.85. The van der Waals surface area contributed by atoms with Crippen LogP contribution in [0, 0.1) is 0 Å². The Hall–Kier alpha value is -2.14. The first kappa shape index (κ1) is 12.9. The van der Waals surface area contributed by atoms with Crippen molar-refractivity contribution in [3.05, 3.63) is 57.5 Å². The summed E-state index contributed by atoms with van der Waals surface area (Å²) >= 11 is 0. The van der Waals surface area contributed by atoms with Crippen LogP contribution in [0.5, 0.6) is 5.75 Å². The maximum Gasteiger partial charge on any atom is 0.267 e. The molecule has 1 aliphatic heterocycles. The van der Waals surface area contributed by atoms with Crippen LogP contribution in [0.4, 0.5) is 0 Å². The first-order chi connectivity index (χ1) is 9.78. The van der Waals surface area contributed by atoms with Gasteiger partial charge in [-0.3, -0.25) is 4.79 Å². The van der Waals surface area contributed by atoms with E-state index in [1.165, 1.54) is 4.68 Å². The highest BCUT2D eigenvalue weighted by Gasteiger charge is 2.13. The molecule has 5 nitrogen and oxygen atoms in total. The van der Waals surface area contributed by atoms with Gasteiger partial charge in [-0.25, -0.2) is 4.68 Å². The third-order valence-electron chi connectivity index (χ3n) is 3.53. The molecule has 0 radical (unpaired) electrons. The molecule has 3 rings (SSSR count). The average Bonchev–Trinajstić information content (AvgIpc) is 2.48. The number of hydrogen-bond acceptors (Lipinski definition) is 4. The lowest BCUT2D eigenvalue weighted by Crippen LogP contribution is -2.31. The Balaban J connectivity index is 1.96. The van der Waals surface area contributed by atoms with E-state index >= 15 is 0 Å². The quantitative estimate of drug-likeness (QED) is 0.903. The molecule has 5 heteroatoms. The van der Waals surface area contributed by atoms with E-state index in [-0.39, 0.29) is 5.56 Å². The fourth-order valence-corrected chi connectivity index (χ4v) is 2.47. The number of nitrogens with one attached hydrogen (secondary N) is 1. The summed E-state index contributed by atoms with van der Waals surface area (Å²) in [5, 5.41) is 7.74. The summed E-state index contributed by atoms with van der Waals surface area (Å²) in [5.41, 5.74) is 2.91. The molecule has 0 spiro atoms. The van der Waals surface area contributed by atoms with Gasteiger partial charge in [0.2, 0.25) is 0 Å². The van der Waals surface area contributed by atoms with Crippen molar-refractivity contribution in [1.82, 2.24) is 15.1 Å². The zero-order chi connectivity index (χ0) is 13.9. The molecule has 2 heterocycles. The van der Waals surface area contributed by atoms with Crippen molar-refractivity contribution < 1.29 is 4.74 Å². The molecule has 2 aromatic rings. The summed E-state index contributed by atoms with van der Waals surface area (Å²) < 4.78 is 6.83. The van der Waals surface area contributed by atoms with Crippen LogP contribution >= 0.6 is 0 Å². The molecule has 0 saturated heterocycles. The Labute approximate surface area is 117 Å². The number of ether oxygens (including phenoxy) is 1. The fourth-order valence-electron chi connectivity index (χ4n) is 2.47. The lowest BCUT2D eigenvalue weighted by Gasteiger charge is -2.17. The molecule has 0 fully saturated rings. The Kier molecular flexibility index (Phi) is 3.52. The van der Waals surface area contributed by atoms with Gasteiger partial charge >= 0.3 is 0 Å². The molecule has 1 aromatic carbocycles. The monoisotopic (exact) mass is 271 g/mol. The third-order valence-corrected chi connectivity index (χ3v) is 3.53. The van der Waals surface area contributed by atoms with Crippen molar-refractivity contribution in [2.75, 3.05) is 13.7 Å². The van der Waals surface area contributed by atoms with E-state index < -0.39 is 0 Å². The maximum absolute atomic E-state index is 12.1. The minimum atomic E-state index is -0.0710. The first-order valence-electron chi connectivity index (χ1n) is 6.70. The van der Waals surface area contributed by atoms with E-state index in [0.717, 1.165) is 42.1 Å². The maximum atomic E-state index is 12.1. The van der Waals surface area contributed by atoms with Gasteiger partial charge in [0, 0.05) is 31.1 Å². The predicted molar refractivity (Wildman–Crippen MR) is 76.0 cm³/mol. The van der Waals surface area contributed by atoms with Gasteiger partial charge in [0.05, 0.1) is 19.3 Å². The molecule has 0 atom stereocenters. The van der Waals surface area contributed by atoms with E-state index in [1.54, 1.807) is 13.2 Å². The Morgan fingerprint density at radius 2 is 2.25 bits per heavy atom. The van der Waals surface area contributed by atoms with Gasteiger partial charge in [0.15, 0.2) is 0 Å². The summed E-state index contributed by atoms with van der Waals surface area (Å²) in [7, 11) is 1.63. The zero-order valence-corrected chi connectivity index (χ0v) is 11.4. The second-order valence-electron chi connectivity index (χ2n) is 4.85. The SMILES string of the molecule is COc1ccccc1Cn1nc2c(cc1=O)CNCC2. The van der Waals surface area contributed by atoms with Crippen molar-refractivity contribution in [3.8, 4) is 5.75 Å². The van der Waals surface area contributed by atoms with Gasteiger partial charge in [0.25, 0.3) is 5.56 Å². The van der Waals surface area contributed by atoms with E-state index in [1.807, 2.05) is 24.3 Å². The zero-order valence-electron chi connectivity index (χ0n) is 11.4. The molecule has 1 N–H and O–H groups in total. The van der Waals surface area contributed by atoms with Crippen molar-refractivity contribution in [2.45, 2.75) is 19.5 Å². The topological polar surface area (TPSA) is 56.2 Å². The van der Waals surface area contributed by atoms with Crippen LogP contribution in [0.3, 0.4) is 0 Å². The molecule has 0 saturated carbocycles. The summed E-state index contributed by atoms with van der Waals surface area (Å²) in [6, 6.07) is 9.38. The number of hydrogen-bond donors (Lipinski definition) is 1. The summed E-state index contributed by atoms with van der Waals surface area (Å²) in [4.78, 5) is 12.1. The fraction of sp³-hybridized carbons (Fsp3) is 0.333. The Morgan fingerprint density at radius 1 is 1.40 bits per heavy atom. The number of rotatable bonds is 3. The van der Waals surface area contributed by atoms with Crippen molar-refractivity contribution in [2.24, 2.45) is 0 Å². The van der Waals surface area contributed by atoms with Gasteiger partial charge in [-0.15, -0.1) is 0 Å². The number of para-hydroxylation sites is 1. The molecule has 1 aliphatic rings. The van der Waals surface area contributed by atoms with Crippen LogP contribution in [0.1, 0.15) is 16.8 Å². The highest BCUT2D eigenvalue weighted by molar-refractivity contribution is 5.33. The molecule has 104 valence electrons. The van der Waals surface area contributed by atoms with Crippen LogP contribution in [0.15, 0.2) is 35.1 Å². The first-order valence-corrected chi connectivity index (χ1v) is 6.70. The molecular formula is C15H17N3O2. The minimum Gasteiger partial charge on any atom is -0.496 e. The standard InChI is InChI=1S/C15H17N3O2/c1-20-14-5-3-2-4-11(14)10-18-15(19)8-12-9-16-7-6-13(12)17-18/h2-5,8,16H,6-7,9-10H2,1H3. The molecule has 0 aliphatic carbocycles. The van der Waals surface area contributed by atoms with E-state index in [2.05, 4.69) is 10.4 Å². The Bertz CT molecular complexity index is 679. The van der Waals surface area contributed by atoms with Crippen molar-refractivity contribution >= 4 is 0 Å². The summed E-state index contributed by atoms with van der Waals surface area (Å²) in [6.07, 6.45) is 0.863. The number of aromatic nitrogens is 2. The average molecular weight is 271 g/mol. The van der Waals surface area contributed by atoms with E-state index in [4.69, 9.17) is 4.74 Å². The molecule has 20 heavy (non-hydrogen) atoms. The molecule has 0 amide bonds. The van der Waals surface area contributed by atoms with Crippen molar-refractivity contribution in [1.29, 1.82) is 0 Å². The predicted octanol–water partition coefficient (Wildman–Crippen LogP) is 0.946. The number of nitrogens with zero attached hydrogens (tertiary/aromatic N) is 2. The lowest BCUT2D eigenvalue weighted by molar-refractivity contribution is 0.406. The number of fused-ring (bicyclic) bond motifs is 1. The van der Waals surface area contributed by atoms with E-state index in [0.29, 0.717) is 6.54 Å². The molecule has 0 unspecified atom stereocenters. The van der Waals surface area contributed by atoms with Crippen LogP contribution in [0.25, 0.3) is 0 Å². The van der Waals surface area contributed by atoms with Crippen LogP contribution in [0.2, 0.25) is 0 Å². The lowest BCUT2D eigenvalue weighted by atomic mass is 10.1. The van der Waals surface area contributed by atoms with Gasteiger partial charge in [-0.1, -0.05) is 18.2 Å². The molecule has 0 bridgehead atoms. The normalized spacial score (nSPS) is 13.8. The molecule has 1 aromatic heterocycles. The van der Waals surface area contributed by atoms with Crippen LogP contribution < -0.4 is 15.6 Å². The van der Waals surface area contributed by atoms with E-state index in [9.17, 15) is 4.79 Å². The highest BCUT2D eigenvalue weighted by atomic mass is 16.5. The highest BCUT2D eigenvalue weighted by Crippen LogP contribution is 2.18. The summed E-state index contributed by atoms with van der Waals surface area (Å²) in [5.74, 6) is 0.778. The van der Waals surface area contributed by atoms with Gasteiger partial charge < -0.3 is 10.1 Å². The minimum absolute atomic E-state index is 0.0710. The van der Waals surface area contributed by atoms with Gasteiger partial charge in [-0.2, -0.15) is 5.10 Å². The van der Waals surface area contributed by atoms with Gasteiger partial charge in [-0.05, 0) is 11.6 Å². The van der Waals surface area contributed by atoms with Crippen molar-refractivity contribution in [3.63, 3.8) is 0 Å². The second kappa shape index (κ2) is 5.46. The van der Waals surface area contributed by atoms with Crippen LogP contribution in [-0.2, 0) is 19.5 Å². The number of benzene rings is 1. The van der Waals surface area contributed by atoms with Crippen LogP contribution in [-0.4, -0.2) is 23.4 Å². The largest absolute Gasteiger partial charge is 0.496 e. The Morgan fingerprint density at radius 3 is 3.10 bits per heavy atom. The summed E-state index contributed by atoms with van der Waals surface area (Å²) in [6.45, 7) is 2.07. The smallest absolute Gasteiger partial charge is 0.267 e. The third kappa shape index (κ3) is 2.44. The van der Waals surface area contributed by atoms with Gasteiger partial charge in [0.1, 0.15) is 5.75 Å².